The average molecular weight is 313 g/mol. The predicted octanol–water partition coefficient (Wildman–Crippen LogP) is 3.24. The van der Waals surface area contributed by atoms with E-state index in [1.807, 2.05) is 6.07 Å². The molecule has 0 aliphatic carbocycles. The van der Waals surface area contributed by atoms with Crippen molar-refractivity contribution in [2.24, 2.45) is 0 Å². The Morgan fingerprint density at radius 3 is 2.60 bits per heavy atom. The zero-order valence-corrected chi connectivity index (χ0v) is 12.5. The second-order valence-electron chi connectivity index (χ2n) is 5.06. The zero-order valence-electron chi connectivity index (χ0n) is 11.0. The van der Waals surface area contributed by atoms with Gasteiger partial charge in [-0.15, -0.1) is 0 Å². The number of halogens is 2. The number of benzene rings is 1. The second-order valence-corrected chi connectivity index (χ2v) is 5.83. The van der Waals surface area contributed by atoms with Crippen LogP contribution in [-0.4, -0.2) is 28.3 Å². The maximum Gasteiger partial charge on any atom is 0.140 e. The van der Waals surface area contributed by atoms with Gasteiger partial charge in [0.1, 0.15) is 11.0 Å². The van der Waals surface area contributed by atoms with Gasteiger partial charge in [-0.25, -0.2) is 9.97 Å². The van der Waals surface area contributed by atoms with E-state index in [9.17, 15) is 5.11 Å². The molecule has 0 saturated carbocycles. The van der Waals surface area contributed by atoms with Gasteiger partial charge in [-0.2, -0.15) is 0 Å². The first kappa shape index (κ1) is 14.0. The molecule has 20 heavy (non-hydrogen) atoms. The molecule has 6 heteroatoms. The highest BCUT2D eigenvalue weighted by molar-refractivity contribution is 6.38. The van der Waals surface area contributed by atoms with Crippen molar-refractivity contribution in [2.45, 2.75) is 25.4 Å². The standard InChI is InChI=1S/C14H14Cl2N2O2/c1-8-17-12-10(13(16)18-8)6-9(7-11(12)15)14(19)2-4-20-5-3-14/h6-7,19H,2-5H2,1H3. The Morgan fingerprint density at radius 2 is 1.90 bits per heavy atom. The predicted molar refractivity (Wildman–Crippen MR) is 78.2 cm³/mol. The summed E-state index contributed by atoms with van der Waals surface area (Å²) in [4.78, 5) is 8.45. The highest BCUT2D eigenvalue weighted by Gasteiger charge is 2.32. The summed E-state index contributed by atoms with van der Waals surface area (Å²) in [6, 6.07) is 3.59. The molecule has 1 fully saturated rings. The van der Waals surface area contributed by atoms with Gasteiger partial charge in [-0.3, -0.25) is 0 Å². The molecule has 1 N–H and O–H groups in total. The lowest BCUT2D eigenvalue weighted by Crippen LogP contribution is -2.33. The SMILES string of the molecule is Cc1nc(Cl)c2cc(C3(O)CCOCC3)cc(Cl)c2n1. The topological polar surface area (TPSA) is 55.2 Å². The van der Waals surface area contributed by atoms with Crippen LogP contribution in [0, 0.1) is 6.92 Å². The highest BCUT2D eigenvalue weighted by Crippen LogP contribution is 2.37. The zero-order chi connectivity index (χ0) is 14.3. The summed E-state index contributed by atoms with van der Waals surface area (Å²) in [5.74, 6) is 0.571. The Labute approximate surface area is 126 Å². The van der Waals surface area contributed by atoms with Gasteiger partial charge < -0.3 is 9.84 Å². The van der Waals surface area contributed by atoms with Gasteiger partial charge in [0.05, 0.1) is 16.1 Å². The molecule has 1 saturated heterocycles. The maximum absolute atomic E-state index is 10.7. The van der Waals surface area contributed by atoms with Gasteiger partial charge in [0.15, 0.2) is 0 Å². The van der Waals surface area contributed by atoms with E-state index in [1.165, 1.54) is 0 Å². The molecular weight excluding hydrogens is 299 g/mol. The van der Waals surface area contributed by atoms with Crippen LogP contribution in [0.4, 0.5) is 0 Å². The quantitative estimate of drug-likeness (QED) is 0.821. The van der Waals surface area contributed by atoms with Crippen LogP contribution in [0.25, 0.3) is 10.9 Å². The fourth-order valence-electron chi connectivity index (χ4n) is 2.53. The maximum atomic E-state index is 10.7. The van der Waals surface area contributed by atoms with Crippen molar-refractivity contribution in [3.05, 3.63) is 33.7 Å². The van der Waals surface area contributed by atoms with Crippen LogP contribution in [0.5, 0.6) is 0 Å². The summed E-state index contributed by atoms with van der Waals surface area (Å²) >= 11 is 12.5. The highest BCUT2D eigenvalue weighted by atomic mass is 35.5. The molecule has 1 aromatic heterocycles. The monoisotopic (exact) mass is 312 g/mol. The lowest BCUT2D eigenvalue weighted by atomic mass is 9.86. The van der Waals surface area contributed by atoms with Gasteiger partial charge in [0, 0.05) is 31.4 Å². The molecule has 0 spiro atoms. The van der Waals surface area contributed by atoms with Gasteiger partial charge >= 0.3 is 0 Å². The molecule has 1 aromatic carbocycles. The molecule has 0 radical (unpaired) electrons. The Hall–Kier alpha value is -0.940. The minimum absolute atomic E-state index is 0.354. The first-order chi connectivity index (χ1) is 9.49. The van der Waals surface area contributed by atoms with Gasteiger partial charge in [0.2, 0.25) is 0 Å². The molecule has 0 amide bonds. The minimum atomic E-state index is -0.926. The fourth-order valence-corrected chi connectivity index (χ4v) is 3.05. The van der Waals surface area contributed by atoms with E-state index in [0.717, 1.165) is 5.56 Å². The third-order valence-corrected chi connectivity index (χ3v) is 4.25. The summed E-state index contributed by atoms with van der Waals surface area (Å²) in [7, 11) is 0. The third-order valence-electron chi connectivity index (χ3n) is 3.68. The van der Waals surface area contributed by atoms with E-state index in [4.69, 9.17) is 27.9 Å². The number of nitrogens with zero attached hydrogens (tertiary/aromatic N) is 2. The number of aromatic nitrogens is 2. The molecule has 3 rings (SSSR count). The molecular formula is C14H14Cl2N2O2. The van der Waals surface area contributed by atoms with E-state index in [-0.39, 0.29) is 0 Å². The van der Waals surface area contributed by atoms with Crippen molar-refractivity contribution in [1.82, 2.24) is 9.97 Å². The van der Waals surface area contributed by atoms with Crippen LogP contribution in [0.2, 0.25) is 10.2 Å². The van der Waals surface area contributed by atoms with Crippen molar-refractivity contribution >= 4 is 34.1 Å². The molecule has 106 valence electrons. The van der Waals surface area contributed by atoms with Crippen LogP contribution >= 0.6 is 23.2 Å². The summed E-state index contributed by atoms with van der Waals surface area (Å²) < 4.78 is 5.30. The molecule has 0 unspecified atom stereocenters. The number of aryl methyl sites for hydroxylation is 1. The summed E-state index contributed by atoms with van der Waals surface area (Å²) in [5, 5.41) is 12.2. The molecule has 4 nitrogen and oxygen atoms in total. The van der Waals surface area contributed by atoms with Crippen molar-refractivity contribution in [1.29, 1.82) is 0 Å². The molecule has 2 aromatic rings. The number of ether oxygens (including phenoxy) is 1. The lowest BCUT2D eigenvalue weighted by Gasteiger charge is -2.32. The Morgan fingerprint density at radius 1 is 1.20 bits per heavy atom. The van der Waals surface area contributed by atoms with Crippen LogP contribution in [0.1, 0.15) is 24.2 Å². The lowest BCUT2D eigenvalue weighted by molar-refractivity contribution is -0.0678. The first-order valence-electron chi connectivity index (χ1n) is 6.44. The Kier molecular flexibility index (Phi) is 3.58. The van der Waals surface area contributed by atoms with E-state index < -0.39 is 5.60 Å². The largest absolute Gasteiger partial charge is 0.385 e. The Bertz CT molecular complexity index is 670. The van der Waals surface area contributed by atoms with Crippen molar-refractivity contribution in [3.63, 3.8) is 0 Å². The summed E-state index contributed by atoms with van der Waals surface area (Å²) in [6.45, 7) is 2.83. The van der Waals surface area contributed by atoms with Gasteiger partial charge in [-0.1, -0.05) is 23.2 Å². The number of hydrogen-bond acceptors (Lipinski definition) is 4. The third kappa shape index (κ3) is 2.37. The smallest absolute Gasteiger partial charge is 0.140 e. The number of aliphatic hydroxyl groups is 1. The molecule has 2 heterocycles. The van der Waals surface area contributed by atoms with Crippen LogP contribution < -0.4 is 0 Å². The summed E-state index contributed by atoms with van der Waals surface area (Å²) in [5.41, 5.74) is 0.431. The normalized spacial score (nSPS) is 18.4. The van der Waals surface area contributed by atoms with Crippen molar-refractivity contribution < 1.29 is 9.84 Å². The van der Waals surface area contributed by atoms with Crippen LogP contribution in [0.15, 0.2) is 12.1 Å². The van der Waals surface area contributed by atoms with E-state index in [2.05, 4.69) is 9.97 Å². The van der Waals surface area contributed by atoms with Gasteiger partial charge in [0.25, 0.3) is 0 Å². The molecule has 0 atom stereocenters. The number of hydrogen-bond donors (Lipinski definition) is 1. The van der Waals surface area contributed by atoms with E-state index in [1.54, 1.807) is 13.0 Å². The molecule has 1 aliphatic rings. The second kappa shape index (κ2) is 5.11. The van der Waals surface area contributed by atoms with Crippen LogP contribution in [-0.2, 0) is 10.3 Å². The molecule has 0 bridgehead atoms. The van der Waals surface area contributed by atoms with E-state index >= 15 is 0 Å². The molecule has 1 aliphatic heterocycles. The first-order valence-corrected chi connectivity index (χ1v) is 7.19. The Balaban J connectivity index is 2.19. The van der Waals surface area contributed by atoms with Crippen molar-refractivity contribution in [3.8, 4) is 0 Å². The number of fused-ring (bicyclic) bond motifs is 1. The minimum Gasteiger partial charge on any atom is -0.385 e. The fraction of sp³-hybridized carbons (Fsp3) is 0.429. The van der Waals surface area contributed by atoms with Crippen molar-refractivity contribution in [2.75, 3.05) is 13.2 Å². The summed E-state index contributed by atoms with van der Waals surface area (Å²) in [6.07, 6.45) is 1.08. The van der Waals surface area contributed by atoms with Gasteiger partial charge in [-0.05, 0) is 24.6 Å². The number of rotatable bonds is 1. The average Bonchev–Trinajstić information content (AvgIpc) is 2.40. The van der Waals surface area contributed by atoms with Crippen LogP contribution in [0.3, 0.4) is 0 Å². The van der Waals surface area contributed by atoms with E-state index in [0.29, 0.717) is 53.0 Å².